The number of rotatable bonds is 4. The van der Waals surface area contributed by atoms with E-state index >= 15 is 0 Å². The first-order chi connectivity index (χ1) is 11.5. The van der Waals surface area contributed by atoms with Gasteiger partial charge in [-0.1, -0.05) is 24.3 Å². The van der Waals surface area contributed by atoms with E-state index in [9.17, 15) is 9.59 Å². The molecule has 1 aromatic rings. The third kappa shape index (κ3) is 5.87. The van der Waals surface area contributed by atoms with Crippen molar-refractivity contribution in [2.45, 2.75) is 31.7 Å². The Morgan fingerprint density at radius 1 is 1.17 bits per heavy atom. The van der Waals surface area contributed by atoms with Crippen LogP contribution in [0.1, 0.15) is 24.0 Å². The van der Waals surface area contributed by atoms with Crippen LogP contribution in [0, 0.1) is 5.92 Å². The zero-order valence-electron chi connectivity index (χ0n) is 13.4. The summed E-state index contributed by atoms with van der Waals surface area (Å²) in [5, 5.41) is 19.0. The minimum atomic E-state index is -1.26. The Hall–Kier alpha value is -2.63. The van der Waals surface area contributed by atoms with Crippen LogP contribution >= 0.6 is 0 Å². The number of nitrogens with zero attached hydrogens (tertiary/aromatic N) is 1. The summed E-state index contributed by atoms with van der Waals surface area (Å²) >= 11 is 0. The molecule has 2 atom stereocenters. The third-order valence-electron chi connectivity index (χ3n) is 4.16. The van der Waals surface area contributed by atoms with Gasteiger partial charge in [0.15, 0.2) is 0 Å². The largest absolute Gasteiger partial charge is 0.478 e. The third-order valence-corrected chi connectivity index (χ3v) is 4.16. The van der Waals surface area contributed by atoms with E-state index in [2.05, 4.69) is 34.6 Å². The smallest absolute Gasteiger partial charge is 0.328 e. The number of carboxylic acids is 2. The summed E-state index contributed by atoms with van der Waals surface area (Å²) in [4.78, 5) is 23.3. The number of aliphatic carboxylic acids is 2. The number of aryl methyl sites for hydroxylation is 1. The summed E-state index contributed by atoms with van der Waals surface area (Å²) in [7, 11) is 0. The Labute approximate surface area is 140 Å². The topological polar surface area (TPSA) is 99.0 Å². The molecule has 0 saturated heterocycles. The minimum Gasteiger partial charge on any atom is -0.478 e. The number of fused-ring (bicyclic) bond motifs is 1. The van der Waals surface area contributed by atoms with Crippen LogP contribution in [0.2, 0.25) is 0 Å². The number of carboxylic acid groups (broad SMARTS) is 2. The predicted octanol–water partition coefficient (Wildman–Crippen LogP) is 1.89. The fourth-order valence-corrected chi connectivity index (χ4v) is 3.05. The molecule has 3 N–H and O–H groups in total. The fraction of sp³-hybridized carbons (Fsp3) is 0.389. The standard InChI is InChI=1S/C14H18N2.C4H4O4/c1-2-4-13-7-11(5-6-12(13)3-1)8-14-9-15-10-16-14;5-3(6)1-2-4(7)8/h1-4,10-11,14H,5-9H2,(H,15,16);1-2H,(H,5,6)(H,7,8). The quantitative estimate of drug-likeness (QED) is 0.732. The van der Waals surface area contributed by atoms with Crippen molar-refractivity contribution < 1.29 is 19.8 Å². The van der Waals surface area contributed by atoms with E-state index in [1.807, 2.05) is 6.34 Å². The van der Waals surface area contributed by atoms with Gasteiger partial charge in [0.1, 0.15) is 0 Å². The van der Waals surface area contributed by atoms with Gasteiger partial charge >= 0.3 is 11.9 Å². The second kappa shape index (κ2) is 8.86. The van der Waals surface area contributed by atoms with Gasteiger partial charge in [0, 0.05) is 18.2 Å². The van der Waals surface area contributed by atoms with Gasteiger partial charge in [-0.3, -0.25) is 4.99 Å². The Balaban J connectivity index is 0.000000224. The van der Waals surface area contributed by atoms with Crippen molar-refractivity contribution in [3.05, 3.63) is 47.5 Å². The first kappa shape index (κ1) is 17.7. The van der Waals surface area contributed by atoms with E-state index in [0.717, 1.165) is 12.5 Å². The first-order valence-corrected chi connectivity index (χ1v) is 7.99. The molecule has 0 saturated carbocycles. The fourth-order valence-electron chi connectivity index (χ4n) is 3.05. The Kier molecular flexibility index (Phi) is 6.54. The maximum absolute atomic E-state index is 9.55. The molecule has 1 aromatic carbocycles. The van der Waals surface area contributed by atoms with E-state index in [1.165, 1.54) is 25.7 Å². The molecule has 2 unspecified atom stereocenters. The van der Waals surface area contributed by atoms with Gasteiger partial charge in [0.05, 0.1) is 12.9 Å². The number of hydrogen-bond acceptors (Lipinski definition) is 4. The SMILES string of the molecule is C1=NCC(CC2CCc3ccccc3C2)N1.O=C(O)C=CC(=O)O. The zero-order chi connectivity index (χ0) is 17.4. The van der Waals surface area contributed by atoms with E-state index in [4.69, 9.17) is 10.2 Å². The van der Waals surface area contributed by atoms with E-state index in [1.54, 1.807) is 11.1 Å². The van der Waals surface area contributed by atoms with Gasteiger partial charge in [-0.25, -0.2) is 9.59 Å². The molecule has 0 aromatic heterocycles. The molecule has 0 fully saturated rings. The van der Waals surface area contributed by atoms with Crippen molar-refractivity contribution in [2.75, 3.05) is 6.54 Å². The summed E-state index contributed by atoms with van der Waals surface area (Å²) < 4.78 is 0. The summed E-state index contributed by atoms with van der Waals surface area (Å²) in [5.74, 6) is -1.67. The monoisotopic (exact) mass is 330 g/mol. The van der Waals surface area contributed by atoms with Crippen LogP contribution < -0.4 is 5.32 Å². The van der Waals surface area contributed by atoms with Crippen molar-refractivity contribution in [3.8, 4) is 0 Å². The van der Waals surface area contributed by atoms with Crippen LogP contribution in [-0.4, -0.2) is 41.1 Å². The van der Waals surface area contributed by atoms with E-state index < -0.39 is 11.9 Å². The highest BCUT2D eigenvalue weighted by Crippen LogP contribution is 2.28. The lowest BCUT2D eigenvalue weighted by atomic mass is 9.81. The Bertz CT molecular complexity index is 616. The highest BCUT2D eigenvalue weighted by molar-refractivity contribution is 5.89. The molecule has 0 radical (unpaired) electrons. The highest BCUT2D eigenvalue weighted by atomic mass is 16.4. The average molecular weight is 330 g/mol. The summed E-state index contributed by atoms with van der Waals surface area (Å²) in [5.41, 5.74) is 3.13. The van der Waals surface area contributed by atoms with Crippen molar-refractivity contribution in [3.63, 3.8) is 0 Å². The number of nitrogens with one attached hydrogen (secondary N) is 1. The Morgan fingerprint density at radius 2 is 1.83 bits per heavy atom. The van der Waals surface area contributed by atoms with Crippen LogP contribution in [0.4, 0.5) is 0 Å². The second-order valence-corrected chi connectivity index (χ2v) is 5.98. The Morgan fingerprint density at radius 3 is 2.42 bits per heavy atom. The van der Waals surface area contributed by atoms with Crippen molar-refractivity contribution in [1.29, 1.82) is 0 Å². The first-order valence-electron chi connectivity index (χ1n) is 7.99. The van der Waals surface area contributed by atoms with Crippen molar-refractivity contribution in [2.24, 2.45) is 10.9 Å². The predicted molar refractivity (Wildman–Crippen MR) is 91.3 cm³/mol. The molecule has 1 aliphatic heterocycles. The maximum Gasteiger partial charge on any atom is 0.328 e. The average Bonchev–Trinajstić information content (AvgIpc) is 3.06. The van der Waals surface area contributed by atoms with Gasteiger partial charge < -0.3 is 15.5 Å². The van der Waals surface area contributed by atoms with Gasteiger partial charge in [-0.2, -0.15) is 0 Å². The second-order valence-electron chi connectivity index (χ2n) is 5.98. The molecule has 1 heterocycles. The lowest BCUT2D eigenvalue weighted by Crippen LogP contribution is -2.29. The molecule has 0 amide bonds. The lowest BCUT2D eigenvalue weighted by Gasteiger charge is -2.26. The van der Waals surface area contributed by atoms with Crippen LogP contribution in [0.5, 0.6) is 0 Å². The van der Waals surface area contributed by atoms with E-state index in [0.29, 0.717) is 18.2 Å². The normalized spacial score (nSPS) is 21.5. The minimum absolute atomic E-state index is 0.558. The maximum atomic E-state index is 9.55. The van der Waals surface area contributed by atoms with Gasteiger partial charge in [-0.15, -0.1) is 0 Å². The number of hydrogen-bond donors (Lipinski definition) is 3. The molecule has 0 spiro atoms. The van der Waals surface area contributed by atoms with Crippen LogP contribution in [0.15, 0.2) is 41.4 Å². The van der Waals surface area contributed by atoms with Gasteiger partial charge in [0.25, 0.3) is 0 Å². The molecule has 0 bridgehead atoms. The summed E-state index contributed by atoms with van der Waals surface area (Å²) in [6.45, 7) is 0.970. The van der Waals surface area contributed by atoms with Crippen LogP contribution in [0.25, 0.3) is 0 Å². The number of carbonyl (C=O) groups is 2. The molecular formula is C18H22N2O4. The number of aliphatic imine (C=N–C) groups is 1. The molecule has 6 heteroatoms. The van der Waals surface area contributed by atoms with Crippen LogP contribution in [-0.2, 0) is 22.4 Å². The molecule has 128 valence electrons. The van der Waals surface area contributed by atoms with Crippen LogP contribution in [0.3, 0.4) is 0 Å². The highest BCUT2D eigenvalue weighted by Gasteiger charge is 2.22. The lowest BCUT2D eigenvalue weighted by molar-refractivity contribution is -0.134. The molecule has 6 nitrogen and oxygen atoms in total. The molecular weight excluding hydrogens is 308 g/mol. The summed E-state index contributed by atoms with van der Waals surface area (Å²) in [6, 6.07) is 9.49. The van der Waals surface area contributed by atoms with Gasteiger partial charge in [-0.05, 0) is 42.7 Å². The zero-order valence-corrected chi connectivity index (χ0v) is 13.4. The molecule has 3 rings (SSSR count). The molecule has 2 aliphatic rings. The van der Waals surface area contributed by atoms with E-state index in [-0.39, 0.29) is 0 Å². The van der Waals surface area contributed by atoms with Crippen molar-refractivity contribution in [1.82, 2.24) is 5.32 Å². The molecule has 1 aliphatic carbocycles. The summed E-state index contributed by atoms with van der Waals surface area (Å²) in [6.07, 6.45) is 8.11. The van der Waals surface area contributed by atoms with Gasteiger partial charge in [0.2, 0.25) is 0 Å². The van der Waals surface area contributed by atoms with Crippen molar-refractivity contribution >= 4 is 18.3 Å². The number of benzene rings is 1. The molecule has 24 heavy (non-hydrogen) atoms.